The minimum absolute atomic E-state index is 0.0335. The van der Waals surface area contributed by atoms with Gasteiger partial charge in [0.1, 0.15) is 0 Å². The van der Waals surface area contributed by atoms with Crippen molar-refractivity contribution in [2.24, 2.45) is 5.92 Å². The van der Waals surface area contributed by atoms with Crippen LogP contribution in [0.25, 0.3) is 0 Å². The van der Waals surface area contributed by atoms with Crippen LogP contribution in [0.4, 0.5) is 0 Å². The Bertz CT molecular complexity index is 886. The normalized spacial score (nSPS) is 19.1. The zero-order valence-corrected chi connectivity index (χ0v) is 29.6. The van der Waals surface area contributed by atoms with Crippen LogP contribution in [0.1, 0.15) is 91.4 Å². The van der Waals surface area contributed by atoms with Crippen LogP contribution in [0.5, 0.6) is 0 Å². The van der Waals surface area contributed by atoms with Crippen molar-refractivity contribution >= 4 is 29.5 Å². The molecule has 2 fully saturated rings. The molecule has 0 aliphatic carbocycles. The zero-order valence-electron chi connectivity index (χ0n) is 28.8. The molecule has 0 spiro atoms. The lowest BCUT2D eigenvalue weighted by Gasteiger charge is -2.19. The number of nitrogens with one attached hydrogen (secondary N) is 4. The number of fused-ring (bicyclic) bond motifs is 1. The van der Waals surface area contributed by atoms with Gasteiger partial charge in [-0.3, -0.25) is 14.4 Å². The van der Waals surface area contributed by atoms with Gasteiger partial charge in [0.05, 0.1) is 32.0 Å². The summed E-state index contributed by atoms with van der Waals surface area (Å²) in [6.07, 6.45) is 8.43. The molecule has 11 nitrogen and oxygen atoms in total. The lowest BCUT2D eigenvalue weighted by Crippen LogP contribution is -2.28. The third-order valence-electron chi connectivity index (χ3n) is 7.80. The molecule has 2 saturated heterocycles. The first-order chi connectivity index (χ1) is 22.1. The minimum Gasteiger partial charge on any atom is -0.385 e. The van der Waals surface area contributed by atoms with Gasteiger partial charge < -0.3 is 40.2 Å². The number of carbonyl (C=O) groups excluding carboxylic acids is 3. The summed E-state index contributed by atoms with van der Waals surface area (Å²) in [5.41, 5.74) is 1.03. The molecule has 12 heteroatoms. The van der Waals surface area contributed by atoms with E-state index in [0.29, 0.717) is 103 Å². The van der Waals surface area contributed by atoms with E-state index in [1.54, 1.807) is 0 Å². The Morgan fingerprint density at radius 2 is 1.24 bits per heavy atom. The fourth-order valence-electron chi connectivity index (χ4n) is 5.39. The summed E-state index contributed by atoms with van der Waals surface area (Å²) in [5, 5.41) is 12.9. The summed E-state index contributed by atoms with van der Waals surface area (Å²) in [7, 11) is 0. The molecule has 2 heterocycles. The van der Waals surface area contributed by atoms with Crippen LogP contribution in [0.15, 0.2) is 12.3 Å². The second kappa shape index (κ2) is 24.3. The number of allylic oxidation sites excluding steroid dienone is 1. The summed E-state index contributed by atoms with van der Waals surface area (Å²) in [6.45, 7) is 15.6. The van der Waals surface area contributed by atoms with Gasteiger partial charge in [-0.25, -0.2) is 0 Å². The third-order valence-corrected chi connectivity index (χ3v) is 9.37. The Morgan fingerprint density at radius 1 is 0.739 bits per heavy atom. The Kier molecular flexibility index (Phi) is 21.3. The van der Waals surface area contributed by atoms with E-state index in [-0.39, 0.29) is 23.3 Å². The van der Waals surface area contributed by atoms with E-state index >= 15 is 0 Å². The molecule has 0 unspecified atom stereocenters. The van der Waals surface area contributed by atoms with Gasteiger partial charge in [-0.1, -0.05) is 13.0 Å². The lowest BCUT2D eigenvalue weighted by molar-refractivity contribution is -0.123. The Hall–Kier alpha value is -1.86. The molecule has 3 amide bonds. The van der Waals surface area contributed by atoms with E-state index in [1.807, 2.05) is 20.8 Å². The van der Waals surface area contributed by atoms with E-state index in [9.17, 15) is 14.4 Å². The first kappa shape index (κ1) is 40.3. The highest BCUT2D eigenvalue weighted by Gasteiger charge is 2.40. The number of rotatable bonds is 27. The molecule has 2 rings (SSSR count). The van der Waals surface area contributed by atoms with Crippen LogP contribution < -0.4 is 21.3 Å². The minimum atomic E-state index is -0.166. The number of carbonyl (C=O) groups is 3. The number of hydrogen-bond acceptors (Lipinski definition) is 9. The van der Waals surface area contributed by atoms with Crippen LogP contribution in [0, 0.1) is 5.92 Å². The van der Waals surface area contributed by atoms with E-state index in [2.05, 4.69) is 39.6 Å². The predicted molar refractivity (Wildman–Crippen MR) is 184 cm³/mol. The summed E-state index contributed by atoms with van der Waals surface area (Å²) in [5.74, 6) is 1.96. The molecular weight excluding hydrogens is 608 g/mol. The molecule has 0 aromatic carbocycles. The first-order valence-electron chi connectivity index (χ1n) is 17.4. The molecule has 0 aromatic rings. The SMILES string of the molecule is C=C1C[C@H]2[C@H](CS[C@H]2CCCCC(=O)NCCCOCCOCCOCCCNC(=O)CCCC(=O)NCCCOC(C)(C)C)N1. The quantitative estimate of drug-likeness (QED) is 0.0965. The predicted octanol–water partition coefficient (Wildman–Crippen LogP) is 3.71. The van der Waals surface area contributed by atoms with Gasteiger partial charge in [0.25, 0.3) is 0 Å². The van der Waals surface area contributed by atoms with Gasteiger partial charge in [0.2, 0.25) is 17.7 Å². The van der Waals surface area contributed by atoms with Crippen LogP contribution in [-0.2, 0) is 33.3 Å². The molecule has 4 N–H and O–H groups in total. The molecule has 46 heavy (non-hydrogen) atoms. The number of thioether (sulfide) groups is 1. The Morgan fingerprint density at radius 3 is 1.78 bits per heavy atom. The van der Waals surface area contributed by atoms with Gasteiger partial charge in [0, 0.05) is 81.5 Å². The second-order valence-electron chi connectivity index (χ2n) is 13.1. The van der Waals surface area contributed by atoms with Crippen LogP contribution in [0.2, 0.25) is 0 Å². The molecule has 3 atom stereocenters. The maximum atomic E-state index is 12.1. The van der Waals surface area contributed by atoms with E-state index < -0.39 is 0 Å². The fraction of sp³-hybridized carbons (Fsp3) is 0.853. The lowest BCUT2D eigenvalue weighted by atomic mass is 9.94. The molecule has 0 saturated carbocycles. The van der Waals surface area contributed by atoms with E-state index in [4.69, 9.17) is 18.9 Å². The largest absolute Gasteiger partial charge is 0.385 e. The van der Waals surface area contributed by atoms with E-state index in [0.717, 1.165) is 44.4 Å². The average molecular weight is 671 g/mol. The van der Waals surface area contributed by atoms with Crippen molar-refractivity contribution < 1.29 is 33.3 Å². The highest BCUT2D eigenvalue weighted by molar-refractivity contribution is 8.00. The molecule has 2 aliphatic rings. The van der Waals surface area contributed by atoms with Gasteiger partial charge in [-0.15, -0.1) is 0 Å². The maximum absolute atomic E-state index is 12.1. The summed E-state index contributed by atoms with van der Waals surface area (Å²) >= 11 is 2.08. The molecule has 2 aliphatic heterocycles. The first-order valence-corrected chi connectivity index (χ1v) is 18.4. The second-order valence-corrected chi connectivity index (χ2v) is 14.4. The van der Waals surface area contributed by atoms with Crippen molar-refractivity contribution in [2.75, 3.05) is 71.6 Å². The summed E-state index contributed by atoms with van der Waals surface area (Å²) in [4.78, 5) is 35.9. The average Bonchev–Trinajstić information content (AvgIpc) is 3.55. The van der Waals surface area contributed by atoms with Crippen molar-refractivity contribution in [1.82, 2.24) is 21.3 Å². The van der Waals surface area contributed by atoms with Gasteiger partial charge >= 0.3 is 0 Å². The summed E-state index contributed by atoms with van der Waals surface area (Å²) < 4.78 is 22.3. The molecule has 0 bridgehead atoms. The number of amides is 3. The van der Waals surface area contributed by atoms with Crippen LogP contribution >= 0.6 is 11.8 Å². The van der Waals surface area contributed by atoms with E-state index in [1.165, 1.54) is 17.9 Å². The van der Waals surface area contributed by atoms with Crippen LogP contribution in [0.3, 0.4) is 0 Å². The highest BCUT2D eigenvalue weighted by Crippen LogP contribution is 2.42. The van der Waals surface area contributed by atoms with Gasteiger partial charge in [-0.05, 0) is 71.6 Å². The topological polar surface area (TPSA) is 136 Å². The fourth-order valence-corrected chi connectivity index (χ4v) is 7.04. The number of ether oxygens (including phenoxy) is 4. The molecule has 266 valence electrons. The van der Waals surface area contributed by atoms with Gasteiger partial charge in [-0.2, -0.15) is 11.8 Å². The molecular formula is C34H62N4O7S. The van der Waals surface area contributed by atoms with Gasteiger partial charge in [0.15, 0.2) is 0 Å². The number of unbranched alkanes of at least 4 members (excludes halogenated alkanes) is 1. The standard InChI is InChI=1S/C34H62N4O7S/c1-27-25-28-29(38-27)26-46-30(28)11-5-6-12-31(39)35-15-8-18-42-21-23-44-24-22-43-19-9-16-36-32(40)13-7-14-33(41)37-17-10-20-45-34(2,3)4/h28-30,38H,1,5-26H2,2-4H3,(H,35,39)(H,36,40)(H,37,41)/t28-,29-,30-/m0/s1. The zero-order chi connectivity index (χ0) is 33.5. The maximum Gasteiger partial charge on any atom is 0.220 e. The van der Waals surface area contributed by atoms with Crippen LogP contribution in [-0.4, -0.2) is 106 Å². The highest BCUT2D eigenvalue weighted by atomic mass is 32.2. The molecule has 0 radical (unpaired) electrons. The number of hydrogen-bond donors (Lipinski definition) is 4. The monoisotopic (exact) mass is 670 g/mol. The smallest absolute Gasteiger partial charge is 0.220 e. The summed E-state index contributed by atoms with van der Waals surface area (Å²) in [6, 6.07) is 0.610. The van der Waals surface area contributed by atoms with Crippen molar-refractivity contribution in [2.45, 2.75) is 108 Å². The Balaban J connectivity index is 1.24. The van der Waals surface area contributed by atoms with Crippen molar-refractivity contribution in [3.63, 3.8) is 0 Å². The Labute approximate surface area is 281 Å². The van der Waals surface area contributed by atoms with Crippen molar-refractivity contribution in [3.8, 4) is 0 Å². The van der Waals surface area contributed by atoms with Crippen molar-refractivity contribution in [3.05, 3.63) is 12.3 Å². The third kappa shape index (κ3) is 20.4. The molecule has 0 aromatic heterocycles. The van der Waals surface area contributed by atoms with Crippen molar-refractivity contribution in [1.29, 1.82) is 0 Å².